The summed E-state index contributed by atoms with van der Waals surface area (Å²) in [4.78, 5) is 0. The Balaban J connectivity index is 1.86. The minimum Gasteiger partial charge on any atom is -0.497 e. The Morgan fingerprint density at radius 1 is 0.735 bits per heavy atom. The number of hydrogen-bond donors (Lipinski definition) is 0. The third-order valence-corrected chi connectivity index (χ3v) is 6.35. The molecule has 2 aromatic heterocycles. The zero-order valence-corrected chi connectivity index (χ0v) is 20.3. The van der Waals surface area contributed by atoms with Crippen LogP contribution in [0.15, 0.2) is 85.2 Å². The fourth-order valence-electron chi connectivity index (χ4n) is 4.97. The zero-order chi connectivity index (χ0) is 23.8. The maximum Gasteiger partial charge on any atom is 0.255 e. The molecule has 0 aliphatic heterocycles. The van der Waals surface area contributed by atoms with Crippen LogP contribution in [0.5, 0.6) is 11.5 Å². The second-order valence-electron chi connectivity index (χ2n) is 8.68. The van der Waals surface area contributed by atoms with Gasteiger partial charge in [-0.2, -0.15) is 8.97 Å². The number of hydrogen-bond acceptors (Lipinski definition) is 2. The Labute approximate surface area is 200 Å². The van der Waals surface area contributed by atoms with Gasteiger partial charge in [0, 0.05) is 11.6 Å². The van der Waals surface area contributed by atoms with Gasteiger partial charge in [0.25, 0.3) is 6.33 Å². The number of imidazole rings is 1. The van der Waals surface area contributed by atoms with Crippen LogP contribution in [0.4, 0.5) is 0 Å². The third kappa shape index (κ3) is 3.61. The van der Waals surface area contributed by atoms with Crippen molar-refractivity contribution in [2.24, 2.45) is 0 Å². The van der Waals surface area contributed by atoms with Crippen molar-refractivity contribution in [1.82, 2.24) is 4.40 Å². The molecule has 0 spiro atoms. The van der Waals surface area contributed by atoms with Crippen LogP contribution in [0.25, 0.3) is 33.7 Å². The molecule has 4 nitrogen and oxygen atoms in total. The molecule has 34 heavy (non-hydrogen) atoms. The van der Waals surface area contributed by atoms with Crippen molar-refractivity contribution in [3.05, 3.63) is 102 Å². The van der Waals surface area contributed by atoms with Crippen molar-refractivity contribution >= 4 is 5.52 Å². The van der Waals surface area contributed by atoms with Gasteiger partial charge < -0.3 is 9.47 Å². The third-order valence-electron chi connectivity index (χ3n) is 6.35. The molecule has 0 fully saturated rings. The van der Waals surface area contributed by atoms with E-state index in [1.165, 1.54) is 27.9 Å². The van der Waals surface area contributed by atoms with Crippen molar-refractivity contribution in [1.29, 1.82) is 0 Å². The molecule has 0 saturated heterocycles. The van der Waals surface area contributed by atoms with E-state index in [0.29, 0.717) is 0 Å². The van der Waals surface area contributed by atoms with Gasteiger partial charge in [0.15, 0.2) is 11.2 Å². The highest BCUT2D eigenvalue weighted by Crippen LogP contribution is 2.35. The normalized spacial score (nSPS) is 11.1. The maximum absolute atomic E-state index is 5.75. The van der Waals surface area contributed by atoms with Crippen molar-refractivity contribution < 1.29 is 14.0 Å². The largest absolute Gasteiger partial charge is 0.497 e. The van der Waals surface area contributed by atoms with Crippen molar-refractivity contribution in [3.8, 4) is 39.7 Å². The highest BCUT2D eigenvalue weighted by Gasteiger charge is 2.26. The molecule has 5 aromatic rings. The zero-order valence-electron chi connectivity index (χ0n) is 20.3. The average Bonchev–Trinajstić information content (AvgIpc) is 3.22. The lowest BCUT2D eigenvalue weighted by Gasteiger charge is -2.10. The summed E-state index contributed by atoms with van der Waals surface area (Å²) >= 11 is 0. The van der Waals surface area contributed by atoms with E-state index in [4.69, 9.17) is 9.47 Å². The number of aryl methyl sites for hydroxylation is 3. The Kier molecular flexibility index (Phi) is 5.58. The van der Waals surface area contributed by atoms with E-state index < -0.39 is 0 Å². The molecular formula is C30H29N2O2+. The lowest BCUT2D eigenvalue weighted by Crippen LogP contribution is -2.33. The molecule has 0 bridgehead atoms. The second-order valence-corrected chi connectivity index (χ2v) is 8.68. The molecule has 0 aliphatic carbocycles. The molecule has 4 heteroatoms. The number of nitrogens with zero attached hydrogens (tertiary/aromatic N) is 2. The van der Waals surface area contributed by atoms with Crippen LogP contribution in [-0.4, -0.2) is 18.6 Å². The van der Waals surface area contributed by atoms with Gasteiger partial charge in [-0.15, -0.1) is 0 Å². The van der Waals surface area contributed by atoms with E-state index in [0.717, 1.165) is 34.0 Å². The number of aromatic nitrogens is 2. The van der Waals surface area contributed by atoms with Crippen LogP contribution in [0.3, 0.4) is 0 Å². The molecule has 0 unspecified atom stereocenters. The van der Waals surface area contributed by atoms with Gasteiger partial charge in [-0.3, -0.25) is 0 Å². The van der Waals surface area contributed by atoms with Gasteiger partial charge in [0.2, 0.25) is 0 Å². The first-order valence-corrected chi connectivity index (χ1v) is 11.4. The predicted molar refractivity (Wildman–Crippen MR) is 137 cm³/mol. The Morgan fingerprint density at radius 3 is 2.15 bits per heavy atom. The summed E-state index contributed by atoms with van der Waals surface area (Å²) in [7, 11) is 3.37. The number of ether oxygens (including phenoxy) is 2. The Bertz CT molecular complexity index is 1480. The monoisotopic (exact) mass is 449 g/mol. The number of methoxy groups -OCH3 is 2. The van der Waals surface area contributed by atoms with Crippen LogP contribution in [-0.2, 0) is 0 Å². The SMILES string of the molecule is COc1ccc(-c2cccc3c(-c4ccccc4)[n+](-c4c(C)cc(C)cc4C)cn23)c(OC)c1. The first-order chi connectivity index (χ1) is 16.5. The standard InChI is InChI=1S/C30H29N2O2/c1-20-16-21(2)29(22(3)17-20)32-19-31-26(25-15-14-24(33-4)18-28(25)34-5)12-9-13-27(31)30(32)23-10-7-6-8-11-23/h6-19H,1-5H3/q+1. The van der Waals surface area contributed by atoms with E-state index in [-0.39, 0.29) is 0 Å². The van der Waals surface area contributed by atoms with Crippen LogP contribution in [0, 0.1) is 20.8 Å². The summed E-state index contributed by atoms with van der Waals surface area (Å²) in [6, 6.07) is 27.5. The topological polar surface area (TPSA) is 26.8 Å². The molecule has 0 saturated carbocycles. The van der Waals surface area contributed by atoms with Crippen molar-refractivity contribution in [2.75, 3.05) is 14.2 Å². The summed E-state index contributed by atoms with van der Waals surface area (Å²) in [6.45, 7) is 6.52. The van der Waals surface area contributed by atoms with Crippen LogP contribution in [0.2, 0.25) is 0 Å². The summed E-state index contributed by atoms with van der Waals surface area (Å²) in [5, 5.41) is 0. The van der Waals surface area contributed by atoms with Gasteiger partial charge in [-0.25, -0.2) is 0 Å². The highest BCUT2D eigenvalue weighted by atomic mass is 16.5. The maximum atomic E-state index is 5.75. The molecule has 170 valence electrons. The average molecular weight is 450 g/mol. The number of fused-ring (bicyclic) bond motifs is 1. The molecule has 0 N–H and O–H groups in total. The van der Waals surface area contributed by atoms with Crippen LogP contribution < -0.4 is 14.0 Å². The number of benzene rings is 3. The smallest absolute Gasteiger partial charge is 0.255 e. The Morgan fingerprint density at radius 2 is 1.47 bits per heavy atom. The van der Waals surface area contributed by atoms with Gasteiger partial charge in [0.1, 0.15) is 22.9 Å². The van der Waals surface area contributed by atoms with Gasteiger partial charge in [-0.1, -0.05) is 54.1 Å². The van der Waals surface area contributed by atoms with Crippen LogP contribution >= 0.6 is 0 Å². The minimum absolute atomic E-state index is 0.770. The fourth-order valence-corrected chi connectivity index (χ4v) is 4.97. The van der Waals surface area contributed by atoms with Crippen molar-refractivity contribution in [3.63, 3.8) is 0 Å². The van der Waals surface area contributed by atoms with E-state index in [9.17, 15) is 0 Å². The van der Waals surface area contributed by atoms with E-state index in [1.807, 2.05) is 12.1 Å². The molecule has 0 radical (unpaired) electrons. The summed E-state index contributed by atoms with van der Waals surface area (Å²) < 4.78 is 15.8. The quantitative estimate of drug-likeness (QED) is 0.287. The molecule has 2 heterocycles. The van der Waals surface area contributed by atoms with Crippen LogP contribution in [0.1, 0.15) is 16.7 Å². The lowest BCUT2D eigenvalue weighted by molar-refractivity contribution is -0.583. The molecular weight excluding hydrogens is 420 g/mol. The molecule has 0 amide bonds. The number of rotatable bonds is 5. The second kappa shape index (κ2) is 8.71. The van der Waals surface area contributed by atoms with Gasteiger partial charge >= 0.3 is 0 Å². The summed E-state index contributed by atoms with van der Waals surface area (Å²) in [5.74, 6) is 1.54. The summed E-state index contributed by atoms with van der Waals surface area (Å²) in [5.41, 5.74) is 10.5. The molecule has 0 aliphatic rings. The van der Waals surface area contributed by atoms with Crippen molar-refractivity contribution in [2.45, 2.75) is 20.8 Å². The first kappa shape index (κ1) is 21.8. The highest BCUT2D eigenvalue weighted by molar-refractivity contribution is 5.79. The van der Waals surface area contributed by atoms with E-state index in [2.05, 4.69) is 103 Å². The summed E-state index contributed by atoms with van der Waals surface area (Å²) in [6.07, 6.45) is 2.20. The minimum atomic E-state index is 0.770. The van der Waals surface area contributed by atoms with Gasteiger partial charge in [0.05, 0.1) is 19.8 Å². The van der Waals surface area contributed by atoms with E-state index >= 15 is 0 Å². The molecule has 3 aromatic carbocycles. The predicted octanol–water partition coefficient (Wildman–Crippen LogP) is 6.49. The van der Waals surface area contributed by atoms with Gasteiger partial charge in [-0.05, 0) is 56.2 Å². The first-order valence-electron chi connectivity index (χ1n) is 11.4. The van der Waals surface area contributed by atoms with E-state index in [1.54, 1.807) is 14.2 Å². The molecule has 0 atom stereocenters. The number of pyridine rings is 1. The fraction of sp³-hybridized carbons (Fsp3) is 0.167. The Hall–Kier alpha value is -4.05. The molecule has 5 rings (SSSR count). The lowest BCUT2D eigenvalue weighted by atomic mass is 10.0.